The topological polar surface area (TPSA) is 12.0 Å². The zero-order valence-corrected chi connectivity index (χ0v) is 10.6. The maximum absolute atomic E-state index is 6.24. The van der Waals surface area contributed by atoms with Crippen LogP contribution in [0.15, 0.2) is 24.3 Å². The number of hydrogen-bond acceptors (Lipinski definition) is 1. The third-order valence-corrected chi connectivity index (χ3v) is 4.00. The number of hydrogen-bond donors (Lipinski definition) is 1. The summed E-state index contributed by atoms with van der Waals surface area (Å²) in [7, 11) is 0. The van der Waals surface area contributed by atoms with Crippen LogP contribution >= 0.6 is 11.6 Å². The van der Waals surface area contributed by atoms with E-state index < -0.39 is 0 Å². The van der Waals surface area contributed by atoms with Gasteiger partial charge in [-0.2, -0.15) is 0 Å². The third kappa shape index (κ3) is 3.23. The number of halogens is 1. The van der Waals surface area contributed by atoms with Crippen LogP contribution in [-0.4, -0.2) is 11.9 Å². The number of benzene rings is 1. The molecule has 1 saturated carbocycles. The van der Waals surface area contributed by atoms with Crippen LogP contribution in [0.4, 0.5) is 0 Å². The summed E-state index contributed by atoms with van der Waals surface area (Å²) in [5.41, 5.74) is 2.68. The molecule has 1 nitrogen and oxygen atoms in total. The Kier molecular flexibility index (Phi) is 4.25. The molecule has 1 N–H and O–H groups in total. The lowest BCUT2D eigenvalue weighted by Crippen LogP contribution is -2.25. The third-order valence-electron chi connectivity index (χ3n) is 3.42. The minimum Gasteiger partial charge on any atom is -0.312 e. The lowest BCUT2D eigenvalue weighted by Gasteiger charge is -2.14. The van der Waals surface area contributed by atoms with E-state index >= 15 is 0 Å². The number of rotatable bonds is 4. The Labute approximate surface area is 103 Å². The molecule has 2 unspecified atom stereocenters. The molecule has 0 aliphatic heterocycles. The summed E-state index contributed by atoms with van der Waals surface area (Å²) in [4.78, 5) is 0. The molecule has 1 aliphatic carbocycles. The first-order chi connectivity index (χ1) is 7.75. The molecule has 2 atom stereocenters. The van der Waals surface area contributed by atoms with E-state index in [1.165, 1.54) is 30.4 Å². The summed E-state index contributed by atoms with van der Waals surface area (Å²) < 4.78 is 0. The van der Waals surface area contributed by atoms with Crippen molar-refractivity contribution in [3.05, 3.63) is 35.4 Å². The molecule has 0 bridgehead atoms. The molecule has 1 aromatic carbocycles. The van der Waals surface area contributed by atoms with Crippen LogP contribution in [-0.2, 0) is 6.54 Å². The van der Waals surface area contributed by atoms with E-state index in [-0.39, 0.29) is 0 Å². The number of aryl methyl sites for hydroxylation is 1. The SMILES string of the molecule is Cc1ccc(CNCC2CCCC2Cl)cc1. The molecule has 0 saturated heterocycles. The van der Waals surface area contributed by atoms with Gasteiger partial charge in [-0.1, -0.05) is 36.2 Å². The van der Waals surface area contributed by atoms with Crippen molar-refractivity contribution in [3.63, 3.8) is 0 Å². The first-order valence-corrected chi connectivity index (χ1v) is 6.59. The standard InChI is InChI=1S/C14H20ClN/c1-11-5-7-12(8-6-11)9-16-10-13-3-2-4-14(13)15/h5-8,13-14,16H,2-4,9-10H2,1H3. The Bertz CT molecular complexity index is 320. The summed E-state index contributed by atoms with van der Waals surface area (Å²) in [6, 6.07) is 8.71. The highest BCUT2D eigenvalue weighted by atomic mass is 35.5. The molecular weight excluding hydrogens is 218 g/mol. The van der Waals surface area contributed by atoms with Crippen molar-refractivity contribution < 1.29 is 0 Å². The zero-order chi connectivity index (χ0) is 11.4. The van der Waals surface area contributed by atoms with Crippen molar-refractivity contribution in [1.29, 1.82) is 0 Å². The molecule has 0 aromatic heterocycles. The molecule has 0 spiro atoms. The molecular formula is C14H20ClN. The van der Waals surface area contributed by atoms with Gasteiger partial charge in [-0.25, -0.2) is 0 Å². The average Bonchev–Trinajstić information content (AvgIpc) is 2.68. The van der Waals surface area contributed by atoms with Gasteiger partial charge >= 0.3 is 0 Å². The summed E-state index contributed by atoms with van der Waals surface area (Å²) >= 11 is 6.24. The predicted molar refractivity (Wildman–Crippen MR) is 69.9 cm³/mol. The second-order valence-electron chi connectivity index (χ2n) is 4.82. The van der Waals surface area contributed by atoms with Crippen molar-refractivity contribution in [2.24, 2.45) is 5.92 Å². The van der Waals surface area contributed by atoms with E-state index in [0.717, 1.165) is 13.1 Å². The highest BCUT2D eigenvalue weighted by molar-refractivity contribution is 6.20. The normalized spacial score (nSPS) is 24.9. The monoisotopic (exact) mass is 237 g/mol. The van der Waals surface area contributed by atoms with Gasteiger partial charge in [-0.15, -0.1) is 11.6 Å². The fourth-order valence-electron chi connectivity index (χ4n) is 2.33. The van der Waals surface area contributed by atoms with Crippen LogP contribution in [0.1, 0.15) is 30.4 Å². The van der Waals surface area contributed by atoms with Gasteiger partial charge < -0.3 is 5.32 Å². The van der Waals surface area contributed by atoms with E-state index in [1.807, 2.05) is 0 Å². The van der Waals surface area contributed by atoms with Crippen LogP contribution in [0.5, 0.6) is 0 Å². The van der Waals surface area contributed by atoms with Crippen molar-refractivity contribution in [1.82, 2.24) is 5.32 Å². The van der Waals surface area contributed by atoms with Gasteiger partial charge in [0, 0.05) is 11.9 Å². The molecule has 1 fully saturated rings. The Balaban J connectivity index is 1.73. The summed E-state index contributed by atoms with van der Waals surface area (Å²) in [5.74, 6) is 0.673. The molecule has 1 aromatic rings. The Hall–Kier alpha value is -0.530. The largest absolute Gasteiger partial charge is 0.312 e. The Morgan fingerprint density at radius 1 is 1.25 bits per heavy atom. The molecule has 1 aliphatic rings. The van der Waals surface area contributed by atoms with Crippen LogP contribution < -0.4 is 5.32 Å². The molecule has 0 amide bonds. The average molecular weight is 238 g/mol. The quantitative estimate of drug-likeness (QED) is 0.791. The molecule has 2 rings (SSSR count). The molecule has 16 heavy (non-hydrogen) atoms. The zero-order valence-electron chi connectivity index (χ0n) is 9.88. The lowest BCUT2D eigenvalue weighted by atomic mass is 10.1. The van der Waals surface area contributed by atoms with Crippen LogP contribution in [0.3, 0.4) is 0 Å². The maximum Gasteiger partial charge on any atom is 0.0376 e. The molecule has 2 heteroatoms. The fraction of sp³-hybridized carbons (Fsp3) is 0.571. The van der Waals surface area contributed by atoms with Gasteiger partial charge in [-0.3, -0.25) is 0 Å². The van der Waals surface area contributed by atoms with Crippen molar-refractivity contribution in [2.75, 3.05) is 6.54 Å². The van der Waals surface area contributed by atoms with Gasteiger partial charge in [0.15, 0.2) is 0 Å². The van der Waals surface area contributed by atoms with Gasteiger partial charge in [-0.05, 0) is 37.8 Å². The van der Waals surface area contributed by atoms with Gasteiger partial charge in [0.1, 0.15) is 0 Å². The minimum atomic E-state index is 0.394. The molecule has 0 radical (unpaired) electrons. The van der Waals surface area contributed by atoms with E-state index in [2.05, 4.69) is 36.5 Å². The van der Waals surface area contributed by atoms with Gasteiger partial charge in [0.25, 0.3) is 0 Å². The van der Waals surface area contributed by atoms with Crippen LogP contribution in [0.25, 0.3) is 0 Å². The second-order valence-corrected chi connectivity index (χ2v) is 5.38. The van der Waals surface area contributed by atoms with Crippen LogP contribution in [0.2, 0.25) is 0 Å². The summed E-state index contributed by atoms with van der Waals surface area (Å²) in [5, 5.41) is 3.90. The lowest BCUT2D eigenvalue weighted by molar-refractivity contribution is 0.494. The fourth-order valence-corrected chi connectivity index (χ4v) is 2.70. The van der Waals surface area contributed by atoms with E-state index in [9.17, 15) is 0 Å². The Morgan fingerprint density at radius 3 is 2.62 bits per heavy atom. The van der Waals surface area contributed by atoms with Gasteiger partial charge in [0.05, 0.1) is 0 Å². The number of nitrogens with one attached hydrogen (secondary N) is 1. The summed E-state index contributed by atoms with van der Waals surface area (Å²) in [6.07, 6.45) is 3.78. The smallest absolute Gasteiger partial charge is 0.0376 e. The minimum absolute atomic E-state index is 0.394. The highest BCUT2D eigenvalue weighted by Crippen LogP contribution is 2.29. The molecule has 88 valence electrons. The highest BCUT2D eigenvalue weighted by Gasteiger charge is 2.24. The first-order valence-electron chi connectivity index (χ1n) is 6.16. The van der Waals surface area contributed by atoms with Crippen LogP contribution in [0, 0.1) is 12.8 Å². The molecule has 0 heterocycles. The van der Waals surface area contributed by atoms with Crippen molar-refractivity contribution in [2.45, 2.75) is 38.1 Å². The summed E-state index contributed by atoms with van der Waals surface area (Å²) in [6.45, 7) is 4.14. The van der Waals surface area contributed by atoms with Crippen molar-refractivity contribution >= 4 is 11.6 Å². The first kappa shape index (κ1) is 11.9. The second kappa shape index (κ2) is 5.70. The number of alkyl halides is 1. The predicted octanol–water partition coefficient (Wildman–Crippen LogP) is 3.49. The van der Waals surface area contributed by atoms with Crippen molar-refractivity contribution in [3.8, 4) is 0 Å². The maximum atomic E-state index is 6.24. The Morgan fingerprint density at radius 2 is 2.00 bits per heavy atom. The van der Waals surface area contributed by atoms with E-state index in [1.54, 1.807) is 0 Å². The van der Waals surface area contributed by atoms with E-state index in [0.29, 0.717) is 11.3 Å². The van der Waals surface area contributed by atoms with Gasteiger partial charge in [0.2, 0.25) is 0 Å². The van der Waals surface area contributed by atoms with E-state index in [4.69, 9.17) is 11.6 Å².